The number of hydrogen-bond acceptors (Lipinski definition) is 7. The minimum atomic E-state index is -0.219. The summed E-state index contributed by atoms with van der Waals surface area (Å²) >= 11 is 1.28. The number of benzene rings is 1. The van der Waals surface area contributed by atoms with Crippen LogP contribution in [0.1, 0.15) is 33.8 Å². The van der Waals surface area contributed by atoms with E-state index in [-0.39, 0.29) is 17.7 Å². The Balaban J connectivity index is 1.38. The van der Waals surface area contributed by atoms with Crippen LogP contribution in [0.5, 0.6) is 0 Å². The Bertz CT molecular complexity index is 1070. The van der Waals surface area contributed by atoms with E-state index in [1.165, 1.54) is 11.3 Å². The maximum atomic E-state index is 12.7. The molecule has 1 atom stereocenters. The SMILES string of the molecule is Cc1nc(-c2ncccn2)sc1C(=O)Nc1ccc(CN2CCCC(C(N)=O)C2)cc1. The molecule has 160 valence electrons. The van der Waals surface area contributed by atoms with Gasteiger partial charge in [-0.1, -0.05) is 12.1 Å². The van der Waals surface area contributed by atoms with Crippen molar-refractivity contribution in [1.82, 2.24) is 19.9 Å². The van der Waals surface area contributed by atoms with Crippen molar-refractivity contribution in [2.75, 3.05) is 18.4 Å². The number of carbonyl (C=O) groups excluding carboxylic acids is 2. The van der Waals surface area contributed by atoms with Crippen LogP contribution in [-0.4, -0.2) is 44.8 Å². The number of carbonyl (C=O) groups is 2. The van der Waals surface area contributed by atoms with Gasteiger partial charge in [-0.25, -0.2) is 15.0 Å². The first-order valence-corrected chi connectivity index (χ1v) is 11.0. The number of likely N-dealkylation sites (tertiary alicyclic amines) is 1. The maximum Gasteiger partial charge on any atom is 0.267 e. The minimum Gasteiger partial charge on any atom is -0.369 e. The van der Waals surface area contributed by atoms with Crippen molar-refractivity contribution in [3.63, 3.8) is 0 Å². The van der Waals surface area contributed by atoms with Gasteiger partial charge in [0.2, 0.25) is 5.91 Å². The molecule has 2 aromatic heterocycles. The summed E-state index contributed by atoms with van der Waals surface area (Å²) in [6.45, 7) is 4.22. The smallest absolute Gasteiger partial charge is 0.267 e. The molecule has 9 heteroatoms. The van der Waals surface area contributed by atoms with Gasteiger partial charge in [0.05, 0.1) is 11.6 Å². The normalized spacial score (nSPS) is 16.7. The molecule has 3 aromatic rings. The van der Waals surface area contributed by atoms with Crippen LogP contribution in [0.2, 0.25) is 0 Å². The van der Waals surface area contributed by atoms with E-state index in [0.29, 0.717) is 33.6 Å². The number of aryl methyl sites for hydroxylation is 1. The number of amides is 2. The number of hydrogen-bond donors (Lipinski definition) is 2. The Morgan fingerprint density at radius 3 is 2.68 bits per heavy atom. The number of piperidine rings is 1. The number of nitrogens with two attached hydrogens (primary N) is 1. The van der Waals surface area contributed by atoms with E-state index in [9.17, 15) is 9.59 Å². The Morgan fingerprint density at radius 2 is 1.97 bits per heavy atom. The van der Waals surface area contributed by atoms with Crippen LogP contribution >= 0.6 is 11.3 Å². The zero-order chi connectivity index (χ0) is 21.8. The summed E-state index contributed by atoms with van der Waals surface area (Å²) in [5.41, 5.74) is 7.96. The van der Waals surface area contributed by atoms with E-state index in [1.807, 2.05) is 24.3 Å². The molecule has 1 aromatic carbocycles. The Hall–Kier alpha value is -3.17. The molecule has 3 heterocycles. The van der Waals surface area contributed by atoms with Crippen molar-refractivity contribution in [1.29, 1.82) is 0 Å². The maximum absolute atomic E-state index is 12.7. The Kier molecular flexibility index (Phi) is 6.34. The van der Waals surface area contributed by atoms with E-state index in [1.54, 1.807) is 25.4 Å². The van der Waals surface area contributed by atoms with Gasteiger partial charge in [-0.15, -0.1) is 11.3 Å². The fraction of sp³-hybridized carbons (Fsp3) is 0.318. The number of aromatic nitrogens is 3. The second-order valence-corrected chi connectivity index (χ2v) is 8.63. The molecule has 1 fully saturated rings. The number of rotatable bonds is 6. The summed E-state index contributed by atoms with van der Waals surface area (Å²) in [6, 6.07) is 9.50. The second kappa shape index (κ2) is 9.32. The molecule has 4 rings (SSSR count). The van der Waals surface area contributed by atoms with Gasteiger partial charge in [-0.2, -0.15) is 0 Å². The molecular formula is C22H24N6O2S. The van der Waals surface area contributed by atoms with Gasteiger partial charge in [0.25, 0.3) is 5.91 Å². The van der Waals surface area contributed by atoms with Gasteiger partial charge in [0, 0.05) is 31.2 Å². The summed E-state index contributed by atoms with van der Waals surface area (Å²) < 4.78 is 0. The molecule has 0 bridgehead atoms. The average Bonchev–Trinajstić information content (AvgIpc) is 3.18. The highest BCUT2D eigenvalue weighted by molar-refractivity contribution is 7.17. The quantitative estimate of drug-likeness (QED) is 0.614. The minimum absolute atomic E-state index is 0.0684. The summed E-state index contributed by atoms with van der Waals surface area (Å²) in [6.07, 6.45) is 5.15. The van der Waals surface area contributed by atoms with Crippen molar-refractivity contribution in [2.24, 2.45) is 11.7 Å². The topological polar surface area (TPSA) is 114 Å². The van der Waals surface area contributed by atoms with Crippen LogP contribution < -0.4 is 11.1 Å². The Morgan fingerprint density at radius 1 is 1.23 bits per heavy atom. The van der Waals surface area contributed by atoms with Crippen LogP contribution in [0.25, 0.3) is 10.8 Å². The van der Waals surface area contributed by atoms with E-state index in [0.717, 1.165) is 31.5 Å². The standard InChI is InChI=1S/C22H24N6O2S/c1-14-18(31-22(26-14)20-24-9-3-10-25-20)21(30)27-17-7-5-15(6-8-17)12-28-11-2-4-16(13-28)19(23)29/h3,5-10,16H,2,4,11-13H2,1H3,(H2,23,29)(H,27,30). The van der Waals surface area contributed by atoms with Crippen molar-refractivity contribution >= 4 is 28.8 Å². The molecule has 0 aliphatic carbocycles. The van der Waals surface area contributed by atoms with Crippen molar-refractivity contribution in [3.8, 4) is 10.8 Å². The Labute approximate surface area is 184 Å². The summed E-state index contributed by atoms with van der Waals surface area (Å²) in [7, 11) is 0. The lowest BCUT2D eigenvalue weighted by molar-refractivity contribution is -0.123. The number of primary amides is 1. The van der Waals surface area contributed by atoms with Crippen molar-refractivity contribution in [2.45, 2.75) is 26.3 Å². The van der Waals surface area contributed by atoms with Gasteiger partial charge in [-0.05, 0) is 50.1 Å². The molecule has 0 spiro atoms. The molecular weight excluding hydrogens is 412 g/mol. The number of thiazole rings is 1. The van der Waals surface area contributed by atoms with Crippen LogP contribution in [0.15, 0.2) is 42.7 Å². The lowest BCUT2D eigenvalue weighted by atomic mass is 9.97. The monoisotopic (exact) mass is 436 g/mol. The first-order valence-electron chi connectivity index (χ1n) is 10.2. The fourth-order valence-corrected chi connectivity index (χ4v) is 4.59. The third-order valence-corrected chi connectivity index (χ3v) is 6.44. The average molecular weight is 437 g/mol. The summed E-state index contributed by atoms with van der Waals surface area (Å²) in [5.74, 6) is 0.0183. The molecule has 1 aliphatic heterocycles. The van der Waals surface area contributed by atoms with Crippen molar-refractivity contribution < 1.29 is 9.59 Å². The summed E-state index contributed by atoms with van der Waals surface area (Å²) in [5, 5.41) is 3.55. The van der Waals surface area contributed by atoms with Gasteiger partial charge in [-0.3, -0.25) is 14.5 Å². The zero-order valence-electron chi connectivity index (χ0n) is 17.2. The highest BCUT2D eigenvalue weighted by Gasteiger charge is 2.24. The largest absolute Gasteiger partial charge is 0.369 e. The van der Waals surface area contributed by atoms with Crippen molar-refractivity contribution in [3.05, 3.63) is 58.9 Å². The molecule has 31 heavy (non-hydrogen) atoms. The molecule has 1 unspecified atom stereocenters. The number of nitrogens with zero attached hydrogens (tertiary/aromatic N) is 4. The molecule has 8 nitrogen and oxygen atoms in total. The third kappa shape index (κ3) is 5.12. The molecule has 2 amide bonds. The predicted molar refractivity (Wildman–Crippen MR) is 119 cm³/mol. The highest BCUT2D eigenvalue weighted by Crippen LogP contribution is 2.26. The first kappa shape index (κ1) is 21.1. The first-order chi connectivity index (χ1) is 15.0. The molecule has 3 N–H and O–H groups in total. The predicted octanol–water partition coefficient (Wildman–Crippen LogP) is 2.86. The van der Waals surface area contributed by atoms with Gasteiger partial charge in [0.1, 0.15) is 4.88 Å². The van der Waals surface area contributed by atoms with E-state index in [2.05, 4.69) is 25.2 Å². The number of nitrogens with one attached hydrogen (secondary N) is 1. The van der Waals surface area contributed by atoms with E-state index in [4.69, 9.17) is 5.73 Å². The fourth-order valence-electron chi connectivity index (χ4n) is 3.68. The molecule has 0 saturated carbocycles. The molecule has 1 aliphatic rings. The van der Waals surface area contributed by atoms with Crippen LogP contribution in [0, 0.1) is 12.8 Å². The molecule has 0 radical (unpaired) electrons. The second-order valence-electron chi connectivity index (χ2n) is 7.63. The molecule has 1 saturated heterocycles. The lowest BCUT2D eigenvalue weighted by Crippen LogP contribution is -2.40. The van der Waals surface area contributed by atoms with Gasteiger partial charge in [0.15, 0.2) is 10.8 Å². The van der Waals surface area contributed by atoms with Crippen LogP contribution in [0.3, 0.4) is 0 Å². The number of anilines is 1. The zero-order valence-corrected chi connectivity index (χ0v) is 18.1. The van der Waals surface area contributed by atoms with Crippen LogP contribution in [-0.2, 0) is 11.3 Å². The van der Waals surface area contributed by atoms with E-state index >= 15 is 0 Å². The third-order valence-electron chi connectivity index (χ3n) is 5.29. The highest BCUT2D eigenvalue weighted by atomic mass is 32.1. The van der Waals surface area contributed by atoms with E-state index < -0.39 is 0 Å². The van der Waals surface area contributed by atoms with Crippen LogP contribution in [0.4, 0.5) is 5.69 Å². The van der Waals surface area contributed by atoms with Gasteiger partial charge < -0.3 is 11.1 Å². The van der Waals surface area contributed by atoms with Gasteiger partial charge >= 0.3 is 0 Å². The summed E-state index contributed by atoms with van der Waals surface area (Å²) in [4.78, 5) is 39.8. The lowest BCUT2D eigenvalue weighted by Gasteiger charge is -2.31.